The molecule has 3 N–H and O–H groups in total. The van der Waals surface area contributed by atoms with Crippen molar-refractivity contribution in [1.29, 1.82) is 0 Å². The zero-order chi connectivity index (χ0) is 22.6. The van der Waals surface area contributed by atoms with Crippen LogP contribution in [0.2, 0.25) is 5.02 Å². The number of methoxy groups -OCH3 is 1. The molecule has 172 valence electrons. The number of halogens is 1. The van der Waals surface area contributed by atoms with Crippen molar-refractivity contribution in [2.24, 2.45) is 5.92 Å². The van der Waals surface area contributed by atoms with Crippen LogP contribution in [-0.4, -0.2) is 38.8 Å². The summed E-state index contributed by atoms with van der Waals surface area (Å²) >= 11 is 6.05. The lowest BCUT2D eigenvalue weighted by atomic mass is 9.74. The second-order valence-corrected chi connectivity index (χ2v) is 9.31. The molecule has 0 bridgehead atoms. The topological polar surface area (TPSA) is 71.6 Å². The molecule has 32 heavy (non-hydrogen) atoms. The van der Waals surface area contributed by atoms with E-state index in [1.807, 2.05) is 36.4 Å². The fourth-order valence-electron chi connectivity index (χ4n) is 4.85. The normalized spacial score (nSPS) is 24.8. The molecule has 3 unspecified atom stereocenters. The Morgan fingerprint density at radius 1 is 1.12 bits per heavy atom. The number of benzene rings is 2. The fraction of sp³-hybridized carbons (Fsp3) is 0.480. The van der Waals surface area contributed by atoms with Crippen LogP contribution in [0.25, 0.3) is 0 Å². The van der Waals surface area contributed by atoms with E-state index in [-0.39, 0.29) is 29.3 Å². The number of carbonyl (C=O) groups is 1. The smallest absolute Gasteiger partial charge is 0.220 e. The number of nitrogens with one attached hydrogen (secondary N) is 3. The van der Waals surface area contributed by atoms with Crippen LogP contribution >= 0.6 is 11.6 Å². The number of hydrogen-bond acceptors (Lipinski definition) is 5. The van der Waals surface area contributed by atoms with Crippen molar-refractivity contribution in [3.8, 4) is 5.75 Å². The lowest BCUT2D eigenvalue weighted by molar-refractivity contribution is -0.122. The van der Waals surface area contributed by atoms with E-state index in [0.717, 1.165) is 24.2 Å². The standard InChI is InChI=1S/C25H32ClN3O3/c1-17-22(24(29-28-17)18-3-7-20(26)8-4-18)15-23(30)27-16-25(11-13-32-14-12-25)19-5-9-21(31-2)10-6-19/h3-10,17,22,24,28-29H,11-16H2,1-2H3,(H,27,30). The Morgan fingerprint density at radius 2 is 1.81 bits per heavy atom. The number of carbonyl (C=O) groups excluding carboxylic acids is 1. The van der Waals surface area contributed by atoms with Gasteiger partial charge in [-0.15, -0.1) is 0 Å². The lowest BCUT2D eigenvalue weighted by Gasteiger charge is -2.38. The number of rotatable bonds is 7. The minimum Gasteiger partial charge on any atom is -0.497 e. The minimum atomic E-state index is -0.118. The Bertz CT molecular complexity index is 898. The maximum Gasteiger partial charge on any atom is 0.220 e. The van der Waals surface area contributed by atoms with Gasteiger partial charge in [0.25, 0.3) is 0 Å². The first-order valence-corrected chi connectivity index (χ1v) is 11.6. The Morgan fingerprint density at radius 3 is 2.47 bits per heavy atom. The van der Waals surface area contributed by atoms with E-state index < -0.39 is 0 Å². The molecule has 4 rings (SSSR count). The van der Waals surface area contributed by atoms with E-state index in [1.54, 1.807) is 7.11 Å². The van der Waals surface area contributed by atoms with E-state index in [2.05, 4.69) is 35.2 Å². The van der Waals surface area contributed by atoms with Gasteiger partial charge in [-0.2, -0.15) is 0 Å². The van der Waals surface area contributed by atoms with Gasteiger partial charge in [-0.25, -0.2) is 5.43 Å². The van der Waals surface area contributed by atoms with Crippen LogP contribution in [0.15, 0.2) is 48.5 Å². The summed E-state index contributed by atoms with van der Waals surface area (Å²) in [6.07, 6.45) is 2.22. The van der Waals surface area contributed by atoms with Crippen molar-refractivity contribution in [2.45, 2.75) is 43.7 Å². The average Bonchev–Trinajstić information content (AvgIpc) is 3.19. The van der Waals surface area contributed by atoms with Crippen LogP contribution in [0.1, 0.15) is 43.4 Å². The summed E-state index contributed by atoms with van der Waals surface area (Å²) in [4.78, 5) is 13.1. The van der Waals surface area contributed by atoms with Crippen molar-refractivity contribution in [1.82, 2.24) is 16.2 Å². The van der Waals surface area contributed by atoms with Gasteiger partial charge in [0.2, 0.25) is 5.91 Å². The predicted octanol–water partition coefficient (Wildman–Crippen LogP) is 3.76. The molecule has 0 aliphatic carbocycles. The van der Waals surface area contributed by atoms with Gasteiger partial charge in [-0.3, -0.25) is 10.2 Å². The van der Waals surface area contributed by atoms with Crippen LogP contribution in [0.5, 0.6) is 5.75 Å². The highest BCUT2D eigenvalue weighted by Gasteiger charge is 2.38. The van der Waals surface area contributed by atoms with Crippen LogP contribution < -0.4 is 20.9 Å². The molecule has 2 aromatic carbocycles. The summed E-state index contributed by atoms with van der Waals surface area (Å²) in [6.45, 7) is 4.12. The largest absolute Gasteiger partial charge is 0.497 e. The molecule has 0 aromatic heterocycles. The zero-order valence-corrected chi connectivity index (χ0v) is 19.5. The quantitative estimate of drug-likeness (QED) is 0.590. The number of hydrazine groups is 1. The van der Waals surface area contributed by atoms with E-state index in [1.165, 1.54) is 5.56 Å². The molecule has 2 aliphatic rings. The third-order valence-corrected chi connectivity index (χ3v) is 7.22. The molecule has 6 nitrogen and oxygen atoms in total. The summed E-state index contributed by atoms with van der Waals surface area (Å²) in [5.41, 5.74) is 8.87. The van der Waals surface area contributed by atoms with Gasteiger partial charge in [-0.05, 0) is 55.2 Å². The molecule has 0 spiro atoms. The zero-order valence-electron chi connectivity index (χ0n) is 18.7. The van der Waals surface area contributed by atoms with Crippen molar-refractivity contribution in [3.63, 3.8) is 0 Å². The second kappa shape index (κ2) is 10.2. The minimum absolute atomic E-state index is 0.0617. The SMILES string of the molecule is COc1ccc(C2(CNC(=O)CC3C(C)NNC3c3ccc(Cl)cc3)CCOCC2)cc1. The van der Waals surface area contributed by atoms with Crippen LogP contribution in [0.4, 0.5) is 0 Å². The van der Waals surface area contributed by atoms with Gasteiger partial charge in [-0.1, -0.05) is 35.9 Å². The van der Waals surface area contributed by atoms with E-state index >= 15 is 0 Å². The Labute approximate surface area is 195 Å². The molecule has 2 fully saturated rings. The highest BCUT2D eigenvalue weighted by atomic mass is 35.5. The molecule has 2 heterocycles. The molecule has 2 saturated heterocycles. The number of amides is 1. The average molecular weight is 458 g/mol. The lowest BCUT2D eigenvalue weighted by Crippen LogP contribution is -2.45. The molecular formula is C25H32ClN3O3. The highest BCUT2D eigenvalue weighted by Crippen LogP contribution is 2.36. The van der Waals surface area contributed by atoms with Gasteiger partial charge in [0.05, 0.1) is 13.2 Å². The van der Waals surface area contributed by atoms with Gasteiger partial charge in [0.15, 0.2) is 0 Å². The third kappa shape index (κ3) is 5.09. The van der Waals surface area contributed by atoms with E-state index in [0.29, 0.717) is 31.2 Å². The van der Waals surface area contributed by atoms with Gasteiger partial charge in [0.1, 0.15) is 5.75 Å². The van der Waals surface area contributed by atoms with Crippen molar-refractivity contribution >= 4 is 17.5 Å². The maximum atomic E-state index is 13.1. The first kappa shape index (κ1) is 23.1. The molecule has 2 aromatic rings. The molecule has 2 aliphatic heterocycles. The Balaban J connectivity index is 1.43. The summed E-state index contributed by atoms with van der Waals surface area (Å²) in [7, 11) is 1.67. The van der Waals surface area contributed by atoms with Crippen molar-refractivity contribution in [2.75, 3.05) is 26.9 Å². The monoisotopic (exact) mass is 457 g/mol. The molecule has 3 atom stereocenters. The molecule has 0 radical (unpaired) electrons. The summed E-state index contributed by atoms with van der Waals surface area (Å²) in [6, 6.07) is 16.3. The first-order chi connectivity index (χ1) is 15.5. The van der Waals surface area contributed by atoms with E-state index in [9.17, 15) is 4.79 Å². The number of hydrogen-bond donors (Lipinski definition) is 3. The molecular weight excluding hydrogens is 426 g/mol. The Kier molecular flexibility index (Phi) is 7.36. The van der Waals surface area contributed by atoms with E-state index in [4.69, 9.17) is 21.1 Å². The molecule has 7 heteroatoms. The van der Waals surface area contributed by atoms with Crippen LogP contribution in [0.3, 0.4) is 0 Å². The summed E-state index contributed by atoms with van der Waals surface area (Å²) in [5, 5.41) is 3.96. The second-order valence-electron chi connectivity index (χ2n) is 8.87. The third-order valence-electron chi connectivity index (χ3n) is 6.96. The fourth-order valence-corrected chi connectivity index (χ4v) is 4.97. The van der Waals surface area contributed by atoms with Crippen molar-refractivity contribution < 1.29 is 14.3 Å². The first-order valence-electron chi connectivity index (χ1n) is 11.3. The van der Waals surface area contributed by atoms with Crippen LogP contribution in [-0.2, 0) is 14.9 Å². The summed E-state index contributed by atoms with van der Waals surface area (Å²) in [5.74, 6) is 1.05. The summed E-state index contributed by atoms with van der Waals surface area (Å²) < 4.78 is 10.9. The Hall–Kier alpha value is -2.12. The molecule has 0 saturated carbocycles. The maximum absolute atomic E-state index is 13.1. The highest BCUT2D eigenvalue weighted by molar-refractivity contribution is 6.30. The van der Waals surface area contributed by atoms with Crippen molar-refractivity contribution in [3.05, 3.63) is 64.7 Å². The van der Waals surface area contributed by atoms with Gasteiger partial charge >= 0.3 is 0 Å². The van der Waals surface area contributed by atoms with Gasteiger partial charge < -0.3 is 14.8 Å². The predicted molar refractivity (Wildman–Crippen MR) is 126 cm³/mol. The van der Waals surface area contributed by atoms with Crippen LogP contribution in [0, 0.1) is 5.92 Å². The van der Waals surface area contributed by atoms with Gasteiger partial charge in [0, 0.05) is 48.6 Å². The molecule has 1 amide bonds. The number of ether oxygens (including phenoxy) is 2.